The molecule has 0 radical (unpaired) electrons. The first-order valence-electron chi connectivity index (χ1n) is 7.32. The lowest BCUT2D eigenvalue weighted by atomic mass is 10.2. The molecule has 0 aromatic rings. The second-order valence-corrected chi connectivity index (χ2v) is 6.08. The van der Waals surface area contributed by atoms with Crippen LogP contribution in [0.15, 0.2) is 0 Å². The Balaban J connectivity index is 2.45. The zero-order valence-electron chi connectivity index (χ0n) is 13.0. The summed E-state index contributed by atoms with van der Waals surface area (Å²) in [7, 11) is 0. The summed E-state index contributed by atoms with van der Waals surface area (Å²) in [5.41, 5.74) is -0.513. The Kier molecular flexibility index (Phi) is 6.26. The molecule has 0 aromatic heterocycles. The van der Waals surface area contributed by atoms with Crippen LogP contribution in [-0.4, -0.2) is 54.7 Å². The molecule has 0 aliphatic carbocycles. The van der Waals surface area contributed by atoms with E-state index < -0.39 is 5.60 Å². The third kappa shape index (κ3) is 5.77. The molecule has 0 unspecified atom stereocenters. The van der Waals surface area contributed by atoms with Crippen LogP contribution >= 0.6 is 0 Å². The number of carbonyl (C=O) groups is 2. The Bertz CT molecular complexity index is 339. The molecule has 1 rings (SSSR count). The predicted octanol–water partition coefficient (Wildman–Crippen LogP) is 1.11. The van der Waals surface area contributed by atoms with Crippen LogP contribution in [0.5, 0.6) is 0 Å². The number of nitrogens with zero attached hydrogens (tertiary/aromatic N) is 1. The molecule has 1 saturated heterocycles. The van der Waals surface area contributed by atoms with Crippen molar-refractivity contribution in [2.75, 3.05) is 26.2 Å². The summed E-state index contributed by atoms with van der Waals surface area (Å²) >= 11 is 0. The molecule has 1 heterocycles. The average molecular weight is 285 g/mol. The van der Waals surface area contributed by atoms with Gasteiger partial charge in [0.05, 0.1) is 0 Å². The monoisotopic (exact) mass is 285 g/mol. The normalized spacial score (nSPS) is 19.6. The van der Waals surface area contributed by atoms with Crippen LogP contribution in [-0.2, 0) is 9.53 Å². The molecule has 20 heavy (non-hydrogen) atoms. The zero-order chi connectivity index (χ0) is 15.2. The van der Waals surface area contributed by atoms with Gasteiger partial charge in [-0.3, -0.25) is 4.79 Å². The highest BCUT2D eigenvalue weighted by Gasteiger charge is 2.30. The number of piperazine rings is 1. The zero-order valence-corrected chi connectivity index (χ0v) is 13.0. The summed E-state index contributed by atoms with van der Waals surface area (Å²) < 4.78 is 5.33. The summed E-state index contributed by atoms with van der Waals surface area (Å²) in [6, 6.07) is -0.354. The summed E-state index contributed by atoms with van der Waals surface area (Å²) in [6.45, 7) is 9.78. The molecule has 6 nitrogen and oxygen atoms in total. The molecule has 6 heteroatoms. The molecule has 0 spiro atoms. The molecule has 116 valence electrons. The van der Waals surface area contributed by atoms with E-state index in [0.29, 0.717) is 26.2 Å². The van der Waals surface area contributed by atoms with Crippen molar-refractivity contribution in [3.05, 3.63) is 0 Å². The lowest BCUT2D eigenvalue weighted by molar-refractivity contribution is -0.124. The SMILES string of the molecule is CCCCNC(=O)[C@@H]1CN(C(=O)OC(C)(C)C)CCN1. The standard InChI is InChI=1S/C14H27N3O3/c1-5-6-7-16-12(18)11-10-17(9-8-15-11)13(19)20-14(2,3)4/h11,15H,5-10H2,1-4H3,(H,16,18)/t11-/m0/s1. The van der Waals surface area contributed by atoms with Crippen molar-refractivity contribution in [3.8, 4) is 0 Å². The Labute approximate surface area is 121 Å². The first-order valence-corrected chi connectivity index (χ1v) is 7.32. The number of unbranched alkanes of at least 4 members (excludes halogenated alkanes) is 1. The number of amides is 2. The Morgan fingerprint density at radius 3 is 2.70 bits per heavy atom. The minimum atomic E-state index is -0.513. The van der Waals surface area contributed by atoms with E-state index in [0.717, 1.165) is 12.8 Å². The molecule has 2 N–H and O–H groups in total. The molecule has 0 saturated carbocycles. The van der Waals surface area contributed by atoms with E-state index in [1.54, 1.807) is 4.90 Å². The summed E-state index contributed by atoms with van der Waals surface area (Å²) in [4.78, 5) is 25.5. The van der Waals surface area contributed by atoms with Crippen molar-refractivity contribution in [2.45, 2.75) is 52.2 Å². The minimum absolute atomic E-state index is 0.0493. The second-order valence-electron chi connectivity index (χ2n) is 6.08. The van der Waals surface area contributed by atoms with Crippen molar-refractivity contribution in [1.29, 1.82) is 0 Å². The van der Waals surface area contributed by atoms with Crippen molar-refractivity contribution in [3.63, 3.8) is 0 Å². The van der Waals surface area contributed by atoms with Gasteiger partial charge in [0.1, 0.15) is 11.6 Å². The lowest BCUT2D eigenvalue weighted by Gasteiger charge is -2.34. The maximum Gasteiger partial charge on any atom is 0.410 e. The third-order valence-corrected chi connectivity index (χ3v) is 2.97. The summed E-state index contributed by atoms with van der Waals surface area (Å²) in [6.07, 6.45) is 1.65. The van der Waals surface area contributed by atoms with Crippen LogP contribution in [0.2, 0.25) is 0 Å². The molecule has 1 aliphatic rings. The van der Waals surface area contributed by atoms with Gasteiger partial charge in [-0.05, 0) is 27.2 Å². The van der Waals surface area contributed by atoms with Crippen molar-refractivity contribution < 1.29 is 14.3 Å². The van der Waals surface area contributed by atoms with Gasteiger partial charge in [-0.1, -0.05) is 13.3 Å². The molecule has 0 bridgehead atoms. The smallest absolute Gasteiger partial charge is 0.410 e. The quantitative estimate of drug-likeness (QED) is 0.759. The van der Waals surface area contributed by atoms with Crippen molar-refractivity contribution >= 4 is 12.0 Å². The fraction of sp³-hybridized carbons (Fsp3) is 0.857. The highest BCUT2D eigenvalue weighted by molar-refractivity contribution is 5.83. The van der Waals surface area contributed by atoms with Gasteiger partial charge in [-0.2, -0.15) is 0 Å². The molecule has 1 atom stereocenters. The third-order valence-electron chi connectivity index (χ3n) is 2.97. The Morgan fingerprint density at radius 1 is 1.40 bits per heavy atom. The van der Waals surface area contributed by atoms with Gasteiger partial charge in [0, 0.05) is 26.2 Å². The van der Waals surface area contributed by atoms with Gasteiger partial charge in [0.2, 0.25) is 5.91 Å². The molecular formula is C14H27N3O3. The first-order chi connectivity index (χ1) is 9.33. The average Bonchev–Trinajstić information content (AvgIpc) is 2.37. The van der Waals surface area contributed by atoms with E-state index in [1.165, 1.54) is 0 Å². The van der Waals surface area contributed by atoms with Gasteiger partial charge < -0.3 is 20.3 Å². The number of rotatable bonds is 4. The number of ether oxygens (including phenoxy) is 1. The summed E-state index contributed by atoms with van der Waals surface area (Å²) in [5.74, 6) is -0.0493. The molecule has 1 fully saturated rings. The van der Waals surface area contributed by atoms with Crippen LogP contribution in [0.1, 0.15) is 40.5 Å². The Morgan fingerprint density at radius 2 is 2.10 bits per heavy atom. The van der Waals surface area contributed by atoms with E-state index in [2.05, 4.69) is 17.6 Å². The minimum Gasteiger partial charge on any atom is -0.444 e. The topological polar surface area (TPSA) is 70.7 Å². The maximum atomic E-state index is 12.0. The van der Waals surface area contributed by atoms with Crippen LogP contribution in [0.3, 0.4) is 0 Å². The van der Waals surface area contributed by atoms with E-state index in [9.17, 15) is 9.59 Å². The van der Waals surface area contributed by atoms with E-state index >= 15 is 0 Å². The van der Waals surface area contributed by atoms with Crippen LogP contribution < -0.4 is 10.6 Å². The number of hydrogen-bond acceptors (Lipinski definition) is 4. The molecule has 2 amide bonds. The van der Waals surface area contributed by atoms with Crippen LogP contribution in [0, 0.1) is 0 Å². The highest BCUT2D eigenvalue weighted by Crippen LogP contribution is 2.11. The maximum absolute atomic E-state index is 12.0. The fourth-order valence-corrected chi connectivity index (χ4v) is 1.93. The fourth-order valence-electron chi connectivity index (χ4n) is 1.93. The van der Waals surface area contributed by atoms with E-state index in [1.807, 2.05) is 20.8 Å². The largest absolute Gasteiger partial charge is 0.444 e. The van der Waals surface area contributed by atoms with Crippen molar-refractivity contribution in [2.24, 2.45) is 0 Å². The van der Waals surface area contributed by atoms with Gasteiger partial charge in [0.15, 0.2) is 0 Å². The van der Waals surface area contributed by atoms with E-state index in [4.69, 9.17) is 4.74 Å². The van der Waals surface area contributed by atoms with Crippen LogP contribution in [0.25, 0.3) is 0 Å². The van der Waals surface area contributed by atoms with Gasteiger partial charge in [-0.25, -0.2) is 4.79 Å². The number of nitrogens with one attached hydrogen (secondary N) is 2. The summed E-state index contributed by atoms with van der Waals surface area (Å²) in [5, 5.41) is 6.01. The van der Waals surface area contributed by atoms with Gasteiger partial charge in [0.25, 0.3) is 0 Å². The first kappa shape index (κ1) is 16.8. The van der Waals surface area contributed by atoms with Crippen LogP contribution in [0.4, 0.5) is 4.79 Å². The predicted molar refractivity (Wildman–Crippen MR) is 77.5 cm³/mol. The van der Waals surface area contributed by atoms with Crippen molar-refractivity contribution in [1.82, 2.24) is 15.5 Å². The van der Waals surface area contributed by atoms with E-state index in [-0.39, 0.29) is 18.0 Å². The van der Waals surface area contributed by atoms with Gasteiger partial charge in [-0.15, -0.1) is 0 Å². The van der Waals surface area contributed by atoms with Gasteiger partial charge >= 0.3 is 6.09 Å². The molecule has 0 aromatic carbocycles. The number of hydrogen-bond donors (Lipinski definition) is 2. The highest BCUT2D eigenvalue weighted by atomic mass is 16.6. The second kappa shape index (κ2) is 7.47. The lowest BCUT2D eigenvalue weighted by Crippen LogP contribution is -2.58. The number of carbonyl (C=O) groups excluding carboxylic acids is 2. The molecular weight excluding hydrogens is 258 g/mol. The Hall–Kier alpha value is -1.30. The molecule has 1 aliphatic heterocycles.